The predicted octanol–water partition coefficient (Wildman–Crippen LogP) is 3.84. The van der Waals surface area contributed by atoms with Gasteiger partial charge in [-0.2, -0.15) is 0 Å². The standard InChI is InChI=1S/C19H19ClN2O3/c1-12-10-16(20)6-9-18(12)21-19(25)11-22(14(3)24)17-7-4-15(5-8-17)13(2)23/h4-10H,11H2,1-3H3,(H,21,25). The van der Waals surface area contributed by atoms with Crippen LogP contribution in [0.5, 0.6) is 0 Å². The van der Waals surface area contributed by atoms with E-state index >= 15 is 0 Å². The van der Waals surface area contributed by atoms with Gasteiger partial charge in [0.05, 0.1) is 0 Å². The molecule has 0 aliphatic heterocycles. The SMILES string of the molecule is CC(=O)c1ccc(N(CC(=O)Nc2ccc(Cl)cc2C)C(C)=O)cc1. The Balaban J connectivity index is 2.14. The molecule has 2 rings (SSSR count). The fraction of sp³-hybridized carbons (Fsp3) is 0.211. The van der Waals surface area contributed by atoms with Crippen LogP contribution >= 0.6 is 11.6 Å². The highest BCUT2D eigenvalue weighted by atomic mass is 35.5. The van der Waals surface area contributed by atoms with Gasteiger partial charge in [-0.05, 0) is 61.9 Å². The minimum absolute atomic E-state index is 0.0584. The number of hydrogen-bond donors (Lipinski definition) is 1. The van der Waals surface area contributed by atoms with Gasteiger partial charge in [0, 0.05) is 28.9 Å². The first kappa shape index (κ1) is 18.7. The molecule has 0 heterocycles. The maximum absolute atomic E-state index is 12.3. The van der Waals surface area contributed by atoms with Crippen molar-refractivity contribution >= 4 is 40.6 Å². The second-order valence-electron chi connectivity index (χ2n) is 5.72. The molecule has 0 aliphatic rings. The first-order valence-corrected chi connectivity index (χ1v) is 8.11. The first-order chi connectivity index (χ1) is 11.8. The lowest BCUT2D eigenvalue weighted by atomic mass is 10.1. The zero-order valence-corrected chi connectivity index (χ0v) is 15.1. The monoisotopic (exact) mass is 358 g/mol. The molecule has 2 aromatic carbocycles. The number of carbonyl (C=O) groups is 3. The number of anilines is 2. The fourth-order valence-corrected chi connectivity index (χ4v) is 2.59. The largest absolute Gasteiger partial charge is 0.324 e. The maximum atomic E-state index is 12.3. The lowest BCUT2D eigenvalue weighted by Crippen LogP contribution is -2.36. The number of carbonyl (C=O) groups excluding carboxylic acids is 3. The summed E-state index contributed by atoms with van der Waals surface area (Å²) in [4.78, 5) is 36.9. The van der Waals surface area contributed by atoms with Crippen molar-refractivity contribution < 1.29 is 14.4 Å². The second kappa shape index (κ2) is 7.94. The highest BCUT2D eigenvalue weighted by Crippen LogP contribution is 2.20. The third kappa shape index (κ3) is 4.90. The zero-order chi connectivity index (χ0) is 18.6. The summed E-state index contributed by atoms with van der Waals surface area (Å²) in [6.07, 6.45) is 0. The van der Waals surface area contributed by atoms with E-state index in [1.54, 1.807) is 42.5 Å². The highest BCUT2D eigenvalue weighted by molar-refractivity contribution is 6.30. The Labute approximate surface area is 151 Å². The van der Waals surface area contributed by atoms with E-state index < -0.39 is 0 Å². The molecule has 1 N–H and O–H groups in total. The van der Waals surface area contributed by atoms with Gasteiger partial charge in [-0.25, -0.2) is 0 Å². The number of aryl methyl sites for hydroxylation is 1. The van der Waals surface area contributed by atoms with Crippen molar-refractivity contribution in [1.29, 1.82) is 0 Å². The first-order valence-electron chi connectivity index (χ1n) is 7.73. The van der Waals surface area contributed by atoms with Crippen LogP contribution in [0.1, 0.15) is 29.8 Å². The summed E-state index contributed by atoms with van der Waals surface area (Å²) < 4.78 is 0. The fourth-order valence-electron chi connectivity index (χ4n) is 2.36. The molecule has 2 aromatic rings. The van der Waals surface area contributed by atoms with Gasteiger partial charge in [-0.3, -0.25) is 14.4 Å². The Morgan fingerprint density at radius 3 is 2.20 bits per heavy atom. The summed E-state index contributed by atoms with van der Waals surface area (Å²) in [5.74, 6) is -0.647. The van der Waals surface area contributed by atoms with Crippen LogP contribution in [0, 0.1) is 6.92 Å². The van der Waals surface area contributed by atoms with Crippen molar-refractivity contribution in [3.63, 3.8) is 0 Å². The number of Topliss-reactive ketones (excluding diaryl/α,β-unsaturated/α-hetero) is 1. The van der Waals surface area contributed by atoms with Gasteiger partial charge >= 0.3 is 0 Å². The van der Waals surface area contributed by atoms with E-state index in [0.29, 0.717) is 22.0 Å². The van der Waals surface area contributed by atoms with Gasteiger partial charge in [0.1, 0.15) is 6.54 Å². The molecule has 130 valence electrons. The molecule has 0 radical (unpaired) electrons. The number of benzene rings is 2. The molecule has 0 bridgehead atoms. The maximum Gasteiger partial charge on any atom is 0.244 e. The average molecular weight is 359 g/mol. The van der Waals surface area contributed by atoms with E-state index in [1.807, 2.05) is 6.92 Å². The molecule has 0 saturated carbocycles. The smallest absolute Gasteiger partial charge is 0.244 e. The molecular weight excluding hydrogens is 340 g/mol. The Kier molecular flexibility index (Phi) is 5.93. The Morgan fingerprint density at radius 1 is 1.04 bits per heavy atom. The number of ketones is 1. The van der Waals surface area contributed by atoms with Crippen molar-refractivity contribution in [3.05, 3.63) is 58.6 Å². The van der Waals surface area contributed by atoms with Crippen LogP contribution in [0.15, 0.2) is 42.5 Å². The van der Waals surface area contributed by atoms with E-state index in [2.05, 4.69) is 5.32 Å². The Bertz CT molecular complexity index is 816. The number of rotatable bonds is 5. The molecular formula is C19H19ClN2O3. The molecule has 0 aromatic heterocycles. The zero-order valence-electron chi connectivity index (χ0n) is 14.3. The molecule has 6 heteroatoms. The minimum atomic E-state index is -0.323. The molecule has 0 atom stereocenters. The topological polar surface area (TPSA) is 66.5 Å². The van der Waals surface area contributed by atoms with Gasteiger partial charge in [-0.1, -0.05) is 11.6 Å². The number of amides is 2. The quantitative estimate of drug-likeness (QED) is 0.826. The second-order valence-corrected chi connectivity index (χ2v) is 6.15. The molecule has 0 aliphatic carbocycles. The highest BCUT2D eigenvalue weighted by Gasteiger charge is 2.16. The molecule has 2 amide bonds. The van der Waals surface area contributed by atoms with Crippen LogP contribution in [0.3, 0.4) is 0 Å². The average Bonchev–Trinajstić information content (AvgIpc) is 2.55. The number of nitrogens with one attached hydrogen (secondary N) is 1. The van der Waals surface area contributed by atoms with Crippen molar-refractivity contribution in [2.75, 3.05) is 16.8 Å². The molecule has 0 spiro atoms. The normalized spacial score (nSPS) is 10.2. The van der Waals surface area contributed by atoms with Crippen LogP contribution in [0.4, 0.5) is 11.4 Å². The molecule has 0 saturated heterocycles. The van der Waals surface area contributed by atoms with Gasteiger partial charge in [0.25, 0.3) is 0 Å². The van der Waals surface area contributed by atoms with Crippen LogP contribution in [-0.4, -0.2) is 24.1 Å². The Hall–Kier alpha value is -2.66. The van der Waals surface area contributed by atoms with Crippen molar-refractivity contribution in [2.45, 2.75) is 20.8 Å². The van der Waals surface area contributed by atoms with Gasteiger partial charge in [0.15, 0.2) is 5.78 Å². The lowest BCUT2D eigenvalue weighted by molar-refractivity contribution is -0.120. The summed E-state index contributed by atoms with van der Waals surface area (Å²) >= 11 is 5.90. The lowest BCUT2D eigenvalue weighted by Gasteiger charge is -2.21. The van der Waals surface area contributed by atoms with Crippen LogP contribution in [0.25, 0.3) is 0 Å². The number of halogens is 1. The molecule has 5 nitrogen and oxygen atoms in total. The van der Waals surface area contributed by atoms with E-state index in [0.717, 1.165) is 5.56 Å². The van der Waals surface area contributed by atoms with Gasteiger partial charge in [0.2, 0.25) is 11.8 Å². The van der Waals surface area contributed by atoms with E-state index in [1.165, 1.54) is 18.7 Å². The van der Waals surface area contributed by atoms with Gasteiger partial charge in [-0.15, -0.1) is 0 Å². The molecule has 25 heavy (non-hydrogen) atoms. The third-order valence-corrected chi connectivity index (χ3v) is 3.96. The third-order valence-electron chi connectivity index (χ3n) is 3.73. The van der Waals surface area contributed by atoms with Crippen LogP contribution in [0.2, 0.25) is 5.02 Å². The van der Waals surface area contributed by atoms with Gasteiger partial charge < -0.3 is 10.2 Å². The van der Waals surface area contributed by atoms with E-state index in [-0.39, 0.29) is 24.1 Å². The Morgan fingerprint density at radius 2 is 1.68 bits per heavy atom. The van der Waals surface area contributed by atoms with Crippen LogP contribution < -0.4 is 10.2 Å². The summed E-state index contributed by atoms with van der Waals surface area (Å²) in [5.41, 5.74) is 2.58. The number of nitrogens with zero attached hydrogens (tertiary/aromatic N) is 1. The number of hydrogen-bond acceptors (Lipinski definition) is 3. The van der Waals surface area contributed by atoms with Crippen molar-refractivity contribution in [3.8, 4) is 0 Å². The minimum Gasteiger partial charge on any atom is -0.324 e. The van der Waals surface area contributed by atoms with E-state index in [4.69, 9.17) is 11.6 Å². The summed E-state index contributed by atoms with van der Waals surface area (Å²) in [6, 6.07) is 11.7. The van der Waals surface area contributed by atoms with Crippen LogP contribution in [-0.2, 0) is 9.59 Å². The summed E-state index contributed by atoms with van der Waals surface area (Å²) in [5, 5.41) is 3.37. The summed E-state index contributed by atoms with van der Waals surface area (Å²) in [7, 11) is 0. The molecule has 0 unspecified atom stereocenters. The van der Waals surface area contributed by atoms with E-state index in [9.17, 15) is 14.4 Å². The summed E-state index contributed by atoms with van der Waals surface area (Å²) in [6.45, 7) is 4.57. The predicted molar refractivity (Wildman–Crippen MR) is 99.3 cm³/mol. The molecule has 0 fully saturated rings. The van der Waals surface area contributed by atoms with Crippen molar-refractivity contribution in [1.82, 2.24) is 0 Å². The van der Waals surface area contributed by atoms with Crippen molar-refractivity contribution in [2.24, 2.45) is 0 Å².